The van der Waals surface area contributed by atoms with Gasteiger partial charge in [0.05, 0.1) is 6.61 Å². The second kappa shape index (κ2) is 10.6. The van der Waals surface area contributed by atoms with Crippen LogP contribution in [0.1, 0.15) is 44.7 Å². The number of hydrogen-bond acceptors (Lipinski definition) is 5. The van der Waals surface area contributed by atoms with E-state index in [0.29, 0.717) is 19.8 Å². The highest BCUT2D eigenvalue weighted by Gasteiger charge is 2.37. The van der Waals surface area contributed by atoms with E-state index in [1.54, 1.807) is 12.0 Å². The van der Waals surface area contributed by atoms with Gasteiger partial charge in [-0.1, -0.05) is 42.5 Å². The van der Waals surface area contributed by atoms with E-state index in [2.05, 4.69) is 0 Å². The molecule has 1 amide bonds. The van der Waals surface area contributed by atoms with Crippen LogP contribution in [-0.4, -0.2) is 42.6 Å². The minimum atomic E-state index is -0.552. The summed E-state index contributed by atoms with van der Waals surface area (Å²) in [5.41, 5.74) is 1.58. The third-order valence-corrected chi connectivity index (χ3v) is 4.99. The molecule has 1 saturated heterocycles. The molecule has 168 valence electrons. The van der Waals surface area contributed by atoms with E-state index < -0.39 is 11.8 Å². The maximum absolute atomic E-state index is 12.6. The number of amides is 1. The smallest absolute Gasteiger partial charge is 0.412 e. The Morgan fingerprint density at radius 3 is 2.48 bits per heavy atom. The summed E-state index contributed by atoms with van der Waals surface area (Å²) in [5, 5.41) is 0. The zero-order valence-electron chi connectivity index (χ0n) is 18.9. The van der Waals surface area contributed by atoms with Crippen molar-refractivity contribution in [1.82, 2.24) is 4.90 Å². The number of rotatable bonds is 7. The number of piperidine rings is 1. The molecule has 1 aliphatic rings. The normalized spacial score (nSPS) is 19.2. The number of nitrogens with zero attached hydrogens (tertiary/aromatic N) is 1. The lowest BCUT2D eigenvalue weighted by Gasteiger charge is -2.40. The molecule has 0 aromatic heterocycles. The fraction of sp³-hybridized carbons (Fsp3) is 0.480. The maximum atomic E-state index is 12.6. The molecule has 0 spiro atoms. The number of methoxy groups -OCH3 is 1. The fourth-order valence-electron chi connectivity index (χ4n) is 3.56. The van der Waals surface area contributed by atoms with Gasteiger partial charge in [0.2, 0.25) is 0 Å². The monoisotopic (exact) mass is 427 g/mol. The van der Waals surface area contributed by atoms with Gasteiger partial charge in [0, 0.05) is 13.7 Å². The summed E-state index contributed by atoms with van der Waals surface area (Å²) in [7, 11) is 1.60. The van der Waals surface area contributed by atoms with E-state index in [0.717, 1.165) is 29.7 Å². The van der Waals surface area contributed by atoms with Gasteiger partial charge in [0.1, 0.15) is 24.1 Å². The third-order valence-electron chi connectivity index (χ3n) is 4.99. The topological polar surface area (TPSA) is 57.2 Å². The Labute approximate surface area is 185 Å². The molecule has 0 N–H and O–H groups in total. The van der Waals surface area contributed by atoms with Crippen molar-refractivity contribution >= 4 is 6.09 Å². The molecule has 2 aromatic rings. The van der Waals surface area contributed by atoms with Gasteiger partial charge >= 0.3 is 6.09 Å². The lowest BCUT2D eigenvalue weighted by atomic mass is 10.1. The van der Waals surface area contributed by atoms with Crippen LogP contribution in [0, 0.1) is 0 Å². The van der Waals surface area contributed by atoms with E-state index in [9.17, 15) is 4.79 Å². The van der Waals surface area contributed by atoms with E-state index in [1.165, 1.54) is 0 Å². The van der Waals surface area contributed by atoms with Gasteiger partial charge in [-0.05, 0) is 56.9 Å². The van der Waals surface area contributed by atoms with Gasteiger partial charge in [-0.3, -0.25) is 4.90 Å². The fourth-order valence-corrected chi connectivity index (χ4v) is 3.56. The van der Waals surface area contributed by atoms with Gasteiger partial charge < -0.3 is 18.9 Å². The van der Waals surface area contributed by atoms with Gasteiger partial charge in [0.25, 0.3) is 0 Å². The number of benzene rings is 2. The highest BCUT2D eigenvalue weighted by atomic mass is 16.6. The Balaban J connectivity index is 1.57. The first-order valence-electron chi connectivity index (χ1n) is 10.8. The molecule has 2 unspecified atom stereocenters. The number of hydrogen-bond donors (Lipinski definition) is 0. The van der Waals surface area contributed by atoms with E-state index >= 15 is 0 Å². The van der Waals surface area contributed by atoms with Crippen molar-refractivity contribution < 1.29 is 23.7 Å². The molecule has 2 atom stereocenters. The van der Waals surface area contributed by atoms with Gasteiger partial charge in [-0.25, -0.2) is 4.79 Å². The molecule has 6 heteroatoms. The molecule has 6 nitrogen and oxygen atoms in total. The van der Waals surface area contributed by atoms with Crippen molar-refractivity contribution in [3.8, 4) is 5.75 Å². The first-order valence-corrected chi connectivity index (χ1v) is 10.8. The molecule has 0 saturated carbocycles. The van der Waals surface area contributed by atoms with Crippen LogP contribution in [0.15, 0.2) is 54.6 Å². The van der Waals surface area contributed by atoms with Crippen LogP contribution in [0.2, 0.25) is 0 Å². The quantitative estimate of drug-likeness (QED) is 0.611. The first-order chi connectivity index (χ1) is 14.9. The molecule has 0 radical (unpaired) electrons. The van der Waals surface area contributed by atoms with Crippen molar-refractivity contribution in [2.45, 2.75) is 64.8 Å². The van der Waals surface area contributed by atoms with E-state index in [4.69, 9.17) is 18.9 Å². The first kappa shape index (κ1) is 23.1. The van der Waals surface area contributed by atoms with Crippen molar-refractivity contribution in [2.75, 3.05) is 13.7 Å². The molecule has 0 aliphatic carbocycles. The summed E-state index contributed by atoms with van der Waals surface area (Å²) in [6.45, 7) is 7.10. The lowest BCUT2D eigenvalue weighted by Crippen LogP contribution is -2.53. The predicted molar refractivity (Wildman–Crippen MR) is 119 cm³/mol. The Bertz CT molecular complexity index is 833. The summed E-state index contributed by atoms with van der Waals surface area (Å²) in [4.78, 5) is 14.2. The maximum Gasteiger partial charge on any atom is 0.412 e. The second-order valence-electron chi connectivity index (χ2n) is 8.71. The second-order valence-corrected chi connectivity index (χ2v) is 8.71. The molecule has 31 heavy (non-hydrogen) atoms. The summed E-state index contributed by atoms with van der Waals surface area (Å²) in [6.07, 6.45) is 0.594. The molecule has 1 fully saturated rings. The minimum Gasteiger partial charge on any atom is -0.489 e. The summed E-state index contributed by atoms with van der Waals surface area (Å²) in [6, 6.07) is 18.0. The van der Waals surface area contributed by atoms with E-state index in [1.807, 2.05) is 75.4 Å². The Morgan fingerprint density at radius 1 is 1.03 bits per heavy atom. The molecule has 1 aliphatic heterocycles. The number of ether oxygens (including phenoxy) is 4. The van der Waals surface area contributed by atoms with Crippen LogP contribution >= 0.6 is 0 Å². The van der Waals surface area contributed by atoms with Crippen LogP contribution in [0.5, 0.6) is 5.75 Å². The SMILES string of the molecule is COC1C(OCc2cccc(OCc3ccccc3)c2)CCCN1C(=O)OC(C)(C)C. The van der Waals surface area contributed by atoms with Crippen molar-refractivity contribution in [1.29, 1.82) is 0 Å². The third kappa shape index (κ3) is 6.97. The van der Waals surface area contributed by atoms with Crippen LogP contribution in [0.3, 0.4) is 0 Å². The van der Waals surface area contributed by atoms with Crippen LogP contribution in [0.25, 0.3) is 0 Å². The lowest BCUT2D eigenvalue weighted by molar-refractivity contribution is -0.149. The minimum absolute atomic E-state index is 0.222. The Hall–Kier alpha value is -2.57. The van der Waals surface area contributed by atoms with Crippen molar-refractivity contribution in [3.05, 3.63) is 65.7 Å². The van der Waals surface area contributed by atoms with E-state index in [-0.39, 0.29) is 12.2 Å². The molecule has 3 rings (SSSR count). The standard InChI is InChI=1S/C25H33NO5/c1-25(2,3)31-24(27)26-15-9-14-22(23(26)28-4)30-18-20-12-8-13-21(16-20)29-17-19-10-6-5-7-11-19/h5-8,10-13,16,22-23H,9,14-15,17-18H2,1-4H3. The van der Waals surface area contributed by atoms with Gasteiger partial charge in [-0.15, -0.1) is 0 Å². The summed E-state index contributed by atoms with van der Waals surface area (Å²) >= 11 is 0. The zero-order chi connectivity index (χ0) is 22.3. The average molecular weight is 428 g/mol. The number of likely N-dealkylation sites (tertiary alicyclic amines) is 1. The Morgan fingerprint density at radius 2 is 1.77 bits per heavy atom. The van der Waals surface area contributed by atoms with Crippen molar-refractivity contribution in [2.24, 2.45) is 0 Å². The molecule has 2 aromatic carbocycles. The molecular weight excluding hydrogens is 394 g/mol. The largest absolute Gasteiger partial charge is 0.489 e. The molecular formula is C25H33NO5. The molecule has 0 bridgehead atoms. The van der Waals surface area contributed by atoms with Crippen LogP contribution in [0.4, 0.5) is 4.79 Å². The van der Waals surface area contributed by atoms with Crippen LogP contribution < -0.4 is 4.74 Å². The highest BCUT2D eigenvalue weighted by Crippen LogP contribution is 2.25. The zero-order valence-corrected chi connectivity index (χ0v) is 18.9. The van der Waals surface area contributed by atoms with Gasteiger partial charge in [-0.2, -0.15) is 0 Å². The average Bonchev–Trinajstić information content (AvgIpc) is 2.75. The number of carbonyl (C=O) groups excluding carboxylic acids is 1. The number of carbonyl (C=O) groups is 1. The van der Waals surface area contributed by atoms with Crippen LogP contribution in [-0.2, 0) is 27.4 Å². The van der Waals surface area contributed by atoms with Gasteiger partial charge in [0.15, 0.2) is 6.23 Å². The highest BCUT2D eigenvalue weighted by molar-refractivity contribution is 5.68. The predicted octanol–water partition coefficient (Wildman–Crippen LogP) is 5.15. The summed E-state index contributed by atoms with van der Waals surface area (Å²) < 4.78 is 23.2. The van der Waals surface area contributed by atoms with Crippen molar-refractivity contribution in [3.63, 3.8) is 0 Å². The Kier molecular flexibility index (Phi) is 7.93. The molecule has 1 heterocycles. The summed E-state index contributed by atoms with van der Waals surface area (Å²) in [5.74, 6) is 0.798.